The molecule has 0 bridgehead atoms. The van der Waals surface area contributed by atoms with Crippen molar-refractivity contribution in [1.82, 2.24) is 15.0 Å². The lowest BCUT2D eigenvalue weighted by Crippen LogP contribution is -2.34. The molecule has 0 saturated heterocycles. The SMILES string of the molecule is Cc1cc(-c2ccc(Nc3ncc4c(n3)N(C)C(c3ccccc3C)CO4)cc2)ccn1. The maximum absolute atomic E-state index is 6.00. The van der Waals surface area contributed by atoms with E-state index in [2.05, 4.69) is 76.6 Å². The summed E-state index contributed by atoms with van der Waals surface area (Å²) >= 11 is 0. The number of nitrogens with zero attached hydrogens (tertiary/aromatic N) is 4. The molecular weight excluding hydrogens is 398 g/mol. The van der Waals surface area contributed by atoms with E-state index in [9.17, 15) is 0 Å². The summed E-state index contributed by atoms with van der Waals surface area (Å²) in [7, 11) is 2.06. The lowest BCUT2D eigenvalue weighted by Gasteiger charge is -2.35. The fourth-order valence-electron chi connectivity index (χ4n) is 4.06. The van der Waals surface area contributed by atoms with Crippen molar-refractivity contribution in [2.24, 2.45) is 0 Å². The number of nitrogens with one attached hydrogen (secondary N) is 1. The second-order valence-corrected chi connectivity index (χ2v) is 8.06. The van der Waals surface area contributed by atoms with Crippen molar-refractivity contribution in [3.63, 3.8) is 0 Å². The molecule has 0 amide bonds. The maximum Gasteiger partial charge on any atom is 0.229 e. The van der Waals surface area contributed by atoms with Crippen LogP contribution in [0.25, 0.3) is 11.1 Å². The molecule has 6 heteroatoms. The van der Waals surface area contributed by atoms with E-state index in [4.69, 9.17) is 9.72 Å². The molecule has 32 heavy (non-hydrogen) atoms. The van der Waals surface area contributed by atoms with E-state index in [1.807, 2.05) is 31.3 Å². The van der Waals surface area contributed by atoms with Crippen LogP contribution in [0, 0.1) is 13.8 Å². The molecule has 1 atom stereocenters. The number of ether oxygens (including phenoxy) is 1. The molecule has 6 nitrogen and oxygen atoms in total. The molecule has 5 rings (SSSR count). The summed E-state index contributed by atoms with van der Waals surface area (Å²) in [5.74, 6) is 2.02. The summed E-state index contributed by atoms with van der Waals surface area (Å²) < 4.78 is 6.00. The van der Waals surface area contributed by atoms with E-state index < -0.39 is 0 Å². The number of fused-ring (bicyclic) bond motifs is 1. The van der Waals surface area contributed by atoms with Crippen LogP contribution in [0.1, 0.15) is 22.9 Å². The average Bonchev–Trinajstić information content (AvgIpc) is 2.81. The van der Waals surface area contributed by atoms with Crippen molar-refractivity contribution in [3.8, 4) is 16.9 Å². The van der Waals surface area contributed by atoms with Crippen molar-refractivity contribution < 1.29 is 4.74 Å². The Hall–Kier alpha value is -3.93. The summed E-state index contributed by atoms with van der Waals surface area (Å²) in [6.07, 6.45) is 3.57. The molecule has 0 spiro atoms. The average molecular weight is 424 g/mol. The molecule has 0 saturated carbocycles. The molecule has 1 aliphatic heterocycles. The fraction of sp³-hybridized carbons (Fsp3) is 0.192. The number of likely N-dealkylation sites (N-methyl/N-ethyl adjacent to an activating group) is 1. The van der Waals surface area contributed by atoms with Gasteiger partial charge in [-0.15, -0.1) is 0 Å². The zero-order chi connectivity index (χ0) is 22.1. The highest BCUT2D eigenvalue weighted by molar-refractivity contribution is 5.68. The second-order valence-electron chi connectivity index (χ2n) is 8.06. The van der Waals surface area contributed by atoms with Crippen LogP contribution in [0.4, 0.5) is 17.5 Å². The first-order valence-electron chi connectivity index (χ1n) is 10.7. The first-order chi connectivity index (χ1) is 15.6. The van der Waals surface area contributed by atoms with Gasteiger partial charge in [-0.3, -0.25) is 4.98 Å². The predicted molar refractivity (Wildman–Crippen MR) is 128 cm³/mol. The van der Waals surface area contributed by atoms with Gasteiger partial charge >= 0.3 is 0 Å². The van der Waals surface area contributed by atoms with Crippen LogP contribution in [-0.4, -0.2) is 28.6 Å². The van der Waals surface area contributed by atoms with Gasteiger partial charge in [-0.05, 0) is 60.4 Å². The summed E-state index contributed by atoms with van der Waals surface area (Å²) in [4.78, 5) is 15.6. The normalized spacial score (nSPS) is 15.1. The molecule has 4 aromatic rings. The van der Waals surface area contributed by atoms with E-state index in [1.54, 1.807) is 6.20 Å². The highest BCUT2D eigenvalue weighted by atomic mass is 16.5. The van der Waals surface area contributed by atoms with E-state index in [-0.39, 0.29) is 6.04 Å². The number of rotatable bonds is 4. The van der Waals surface area contributed by atoms with Gasteiger partial charge in [-0.2, -0.15) is 4.98 Å². The van der Waals surface area contributed by atoms with Crippen LogP contribution < -0.4 is 15.0 Å². The van der Waals surface area contributed by atoms with E-state index >= 15 is 0 Å². The smallest absolute Gasteiger partial charge is 0.229 e. The molecule has 2 aromatic carbocycles. The van der Waals surface area contributed by atoms with Crippen molar-refractivity contribution in [2.45, 2.75) is 19.9 Å². The lowest BCUT2D eigenvalue weighted by molar-refractivity contribution is 0.264. The second kappa shape index (κ2) is 8.30. The fourth-order valence-corrected chi connectivity index (χ4v) is 4.06. The summed E-state index contributed by atoms with van der Waals surface area (Å²) in [6, 6.07) is 20.8. The van der Waals surface area contributed by atoms with Gasteiger partial charge in [-0.1, -0.05) is 36.4 Å². The third kappa shape index (κ3) is 3.87. The Balaban J connectivity index is 1.37. The monoisotopic (exact) mass is 423 g/mol. The number of hydrogen-bond donors (Lipinski definition) is 1. The molecule has 0 radical (unpaired) electrons. The Bertz CT molecular complexity index is 1260. The summed E-state index contributed by atoms with van der Waals surface area (Å²) in [5.41, 5.74) is 6.71. The molecular formula is C26H25N5O. The minimum absolute atomic E-state index is 0.106. The standard InChI is InChI=1S/C26H25N5O/c1-17-6-4-5-7-22(17)23-16-32-24-15-28-26(30-25(24)31(23)3)29-21-10-8-19(9-11-21)20-12-13-27-18(2)14-20/h4-15,23H,16H2,1-3H3,(H,28,29,30). The van der Waals surface area contributed by atoms with Gasteiger partial charge in [0, 0.05) is 24.6 Å². The number of benzene rings is 2. The van der Waals surface area contributed by atoms with Crippen LogP contribution in [0.3, 0.4) is 0 Å². The van der Waals surface area contributed by atoms with Crippen LogP contribution in [-0.2, 0) is 0 Å². The van der Waals surface area contributed by atoms with Crippen molar-refractivity contribution in [3.05, 3.63) is 89.9 Å². The molecule has 3 heterocycles. The third-order valence-corrected chi connectivity index (χ3v) is 5.85. The van der Waals surface area contributed by atoms with Crippen molar-refractivity contribution in [1.29, 1.82) is 0 Å². The Labute approximate surface area is 188 Å². The topological polar surface area (TPSA) is 63.2 Å². The zero-order valence-corrected chi connectivity index (χ0v) is 18.4. The van der Waals surface area contributed by atoms with Gasteiger partial charge in [0.1, 0.15) is 6.61 Å². The molecule has 160 valence electrons. The number of hydrogen-bond acceptors (Lipinski definition) is 6. The van der Waals surface area contributed by atoms with Crippen LogP contribution in [0.15, 0.2) is 73.1 Å². The quantitative estimate of drug-likeness (QED) is 0.470. The van der Waals surface area contributed by atoms with E-state index in [0.29, 0.717) is 18.3 Å². The van der Waals surface area contributed by atoms with Gasteiger partial charge in [0.05, 0.1) is 12.2 Å². The summed E-state index contributed by atoms with van der Waals surface area (Å²) in [5, 5.41) is 3.31. The van der Waals surface area contributed by atoms with Gasteiger partial charge in [0.15, 0.2) is 11.6 Å². The van der Waals surface area contributed by atoms with E-state index in [0.717, 1.165) is 28.3 Å². The Morgan fingerprint density at radius 3 is 2.56 bits per heavy atom. The third-order valence-electron chi connectivity index (χ3n) is 5.85. The first-order valence-corrected chi connectivity index (χ1v) is 10.7. The number of pyridine rings is 1. The van der Waals surface area contributed by atoms with Crippen LogP contribution >= 0.6 is 0 Å². The highest BCUT2D eigenvalue weighted by Gasteiger charge is 2.29. The lowest BCUT2D eigenvalue weighted by atomic mass is 10.00. The van der Waals surface area contributed by atoms with Gasteiger partial charge < -0.3 is 15.0 Å². The Morgan fingerprint density at radius 2 is 1.78 bits per heavy atom. The Morgan fingerprint density at radius 1 is 0.969 bits per heavy atom. The summed E-state index contributed by atoms with van der Waals surface area (Å²) in [6.45, 7) is 4.69. The number of aromatic nitrogens is 3. The molecule has 1 unspecified atom stereocenters. The number of aryl methyl sites for hydroxylation is 2. The minimum Gasteiger partial charge on any atom is -0.486 e. The molecule has 1 aliphatic rings. The highest BCUT2D eigenvalue weighted by Crippen LogP contribution is 2.38. The van der Waals surface area contributed by atoms with Crippen molar-refractivity contribution >= 4 is 17.5 Å². The molecule has 1 N–H and O–H groups in total. The zero-order valence-electron chi connectivity index (χ0n) is 18.4. The molecule has 0 aliphatic carbocycles. The molecule has 0 fully saturated rings. The van der Waals surface area contributed by atoms with Gasteiger partial charge in [0.25, 0.3) is 0 Å². The first kappa shape index (κ1) is 20.0. The van der Waals surface area contributed by atoms with Gasteiger partial charge in [0.2, 0.25) is 5.95 Å². The van der Waals surface area contributed by atoms with Crippen LogP contribution in [0.2, 0.25) is 0 Å². The maximum atomic E-state index is 6.00. The van der Waals surface area contributed by atoms with E-state index in [1.165, 1.54) is 11.1 Å². The Kier molecular flexibility index (Phi) is 5.19. The van der Waals surface area contributed by atoms with Crippen molar-refractivity contribution in [2.75, 3.05) is 23.9 Å². The van der Waals surface area contributed by atoms with Gasteiger partial charge in [-0.25, -0.2) is 4.98 Å². The van der Waals surface area contributed by atoms with Crippen LogP contribution in [0.5, 0.6) is 5.75 Å². The largest absolute Gasteiger partial charge is 0.486 e. The number of anilines is 3. The minimum atomic E-state index is 0.106. The predicted octanol–water partition coefficient (Wildman–Crippen LogP) is 5.47. The molecule has 2 aromatic heterocycles.